The largest absolute Gasteiger partial charge is 0.497 e. The fraction of sp³-hybridized carbons (Fsp3) is 0.435. The van der Waals surface area contributed by atoms with Crippen LogP contribution in [0.4, 0.5) is 5.69 Å². The van der Waals surface area contributed by atoms with Crippen LogP contribution in [0.1, 0.15) is 18.4 Å². The maximum Gasteiger partial charge on any atom is 0.233 e. The molecule has 0 aliphatic carbocycles. The number of rotatable bonds is 4. The molecule has 0 N–H and O–H groups in total. The van der Waals surface area contributed by atoms with Crippen molar-refractivity contribution in [2.45, 2.75) is 18.3 Å². The maximum absolute atomic E-state index is 13.7. The van der Waals surface area contributed by atoms with Gasteiger partial charge in [0.25, 0.3) is 0 Å². The third-order valence-corrected chi connectivity index (χ3v) is 6.41. The van der Waals surface area contributed by atoms with Crippen LogP contribution in [-0.4, -0.2) is 57.3 Å². The smallest absolute Gasteiger partial charge is 0.233 e. The molecule has 0 aromatic heterocycles. The van der Waals surface area contributed by atoms with E-state index in [2.05, 4.69) is 4.90 Å². The first-order chi connectivity index (χ1) is 14.1. The van der Waals surface area contributed by atoms with Crippen molar-refractivity contribution in [2.75, 3.05) is 51.4 Å². The second kappa shape index (κ2) is 8.64. The highest BCUT2D eigenvalue weighted by atomic mass is 35.5. The highest BCUT2D eigenvalue weighted by Crippen LogP contribution is 2.38. The molecule has 1 amide bonds. The Morgan fingerprint density at radius 2 is 1.59 bits per heavy atom. The third-order valence-electron chi connectivity index (χ3n) is 6.16. The Kier molecular flexibility index (Phi) is 5.97. The number of hydrogen-bond donors (Lipinski definition) is 0. The molecule has 154 valence electrons. The van der Waals surface area contributed by atoms with Crippen molar-refractivity contribution in [1.29, 1.82) is 0 Å². The third kappa shape index (κ3) is 4.07. The van der Waals surface area contributed by atoms with Gasteiger partial charge in [-0.15, -0.1) is 0 Å². The van der Waals surface area contributed by atoms with Crippen LogP contribution in [0.15, 0.2) is 48.5 Å². The molecular formula is C23H27ClN2O3. The lowest BCUT2D eigenvalue weighted by Gasteiger charge is -2.43. The lowest BCUT2D eigenvalue weighted by Crippen LogP contribution is -2.56. The molecule has 0 atom stereocenters. The van der Waals surface area contributed by atoms with Crippen LogP contribution in [0.2, 0.25) is 5.02 Å². The molecule has 2 saturated heterocycles. The topological polar surface area (TPSA) is 42.0 Å². The van der Waals surface area contributed by atoms with Gasteiger partial charge in [-0.2, -0.15) is 0 Å². The standard InChI is InChI=1S/C23H27ClN2O3/c1-28-21-8-2-18(3-9-21)23(10-16-29-17-11-23)22(27)26-14-12-25(13-15-26)20-6-4-19(24)5-7-20/h2-9H,10-17H2,1H3. The van der Waals surface area contributed by atoms with E-state index in [4.69, 9.17) is 21.1 Å². The summed E-state index contributed by atoms with van der Waals surface area (Å²) in [6.07, 6.45) is 1.44. The first-order valence-electron chi connectivity index (χ1n) is 10.1. The van der Waals surface area contributed by atoms with Gasteiger partial charge in [-0.1, -0.05) is 23.7 Å². The summed E-state index contributed by atoms with van der Waals surface area (Å²) in [6, 6.07) is 15.9. The molecule has 2 fully saturated rings. The van der Waals surface area contributed by atoms with Gasteiger partial charge >= 0.3 is 0 Å². The number of benzene rings is 2. The molecule has 0 saturated carbocycles. The van der Waals surface area contributed by atoms with E-state index >= 15 is 0 Å². The van der Waals surface area contributed by atoms with E-state index in [1.165, 1.54) is 0 Å². The highest BCUT2D eigenvalue weighted by Gasteiger charge is 2.44. The fourth-order valence-corrected chi connectivity index (χ4v) is 4.50. The number of piperazine rings is 1. The zero-order valence-electron chi connectivity index (χ0n) is 16.8. The zero-order valence-corrected chi connectivity index (χ0v) is 17.5. The van der Waals surface area contributed by atoms with Gasteiger partial charge in [0.15, 0.2) is 0 Å². The quantitative estimate of drug-likeness (QED) is 0.764. The van der Waals surface area contributed by atoms with Gasteiger partial charge in [-0.25, -0.2) is 0 Å². The summed E-state index contributed by atoms with van der Waals surface area (Å²) in [5.41, 5.74) is 1.71. The molecule has 29 heavy (non-hydrogen) atoms. The van der Waals surface area contributed by atoms with E-state index in [-0.39, 0.29) is 5.91 Å². The monoisotopic (exact) mass is 414 g/mol. The molecule has 0 bridgehead atoms. The minimum absolute atomic E-state index is 0.224. The van der Waals surface area contributed by atoms with Crippen molar-refractivity contribution in [3.63, 3.8) is 0 Å². The Hall–Kier alpha value is -2.24. The Balaban J connectivity index is 1.50. The SMILES string of the molecule is COc1ccc(C2(C(=O)N3CCN(c4ccc(Cl)cc4)CC3)CCOCC2)cc1. The van der Waals surface area contributed by atoms with Crippen LogP contribution in [0.25, 0.3) is 0 Å². The molecule has 2 aromatic carbocycles. The highest BCUT2D eigenvalue weighted by molar-refractivity contribution is 6.30. The minimum Gasteiger partial charge on any atom is -0.497 e. The van der Waals surface area contributed by atoms with Crippen LogP contribution in [-0.2, 0) is 14.9 Å². The second-order valence-corrected chi connectivity index (χ2v) is 8.12. The van der Waals surface area contributed by atoms with Crippen LogP contribution >= 0.6 is 11.6 Å². The number of ether oxygens (including phenoxy) is 2. The zero-order chi connectivity index (χ0) is 20.3. The number of amides is 1. The minimum atomic E-state index is -0.507. The number of methoxy groups -OCH3 is 1. The molecule has 2 aliphatic heterocycles. The predicted molar refractivity (Wildman–Crippen MR) is 115 cm³/mol. The van der Waals surface area contributed by atoms with E-state index in [1.807, 2.05) is 53.4 Å². The average Bonchev–Trinajstić information content (AvgIpc) is 2.80. The predicted octanol–water partition coefficient (Wildman–Crippen LogP) is 3.75. The first kappa shape index (κ1) is 20.0. The summed E-state index contributed by atoms with van der Waals surface area (Å²) in [5, 5.41) is 0.739. The van der Waals surface area contributed by atoms with Gasteiger partial charge in [-0.3, -0.25) is 4.79 Å². The van der Waals surface area contributed by atoms with Crippen molar-refractivity contribution < 1.29 is 14.3 Å². The Morgan fingerprint density at radius 3 is 2.17 bits per heavy atom. The molecule has 0 spiro atoms. The molecule has 5 nitrogen and oxygen atoms in total. The summed E-state index contributed by atoms with van der Waals surface area (Å²) in [4.78, 5) is 18.1. The number of hydrogen-bond acceptors (Lipinski definition) is 4. The van der Waals surface area contributed by atoms with Crippen molar-refractivity contribution >= 4 is 23.2 Å². The van der Waals surface area contributed by atoms with Gasteiger partial charge < -0.3 is 19.3 Å². The summed E-state index contributed by atoms with van der Waals surface area (Å²) >= 11 is 6.00. The maximum atomic E-state index is 13.7. The van der Waals surface area contributed by atoms with Crippen molar-refractivity contribution in [2.24, 2.45) is 0 Å². The van der Waals surface area contributed by atoms with E-state index in [1.54, 1.807) is 7.11 Å². The van der Waals surface area contributed by atoms with Gasteiger partial charge in [0.05, 0.1) is 12.5 Å². The lowest BCUT2D eigenvalue weighted by molar-refractivity contribution is -0.141. The van der Waals surface area contributed by atoms with E-state index in [9.17, 15) is 4.79 Å². The number of anilines is 1. The number of nitrogens with zero attached hydrogens (tertiary/aromatic N) is 2. The van der Waals surface area contributed by atoms with Gasteiger partial charge in [-0.05, 0) is 54.8 Å². The summed E-state index contributed by atoms with van der Waals surface area (Å²) in [6.45, 7) is 4.32. The molecule has 4 rings (SSSR count). The Labute approximate surface area is 177 Å². The molecular weight excluding hydrogens is 388 g/mol. The summed E-state index contributed by atoms with van der Waals surface area (Å²) in [5.74, 6) is 1.03. The van der Waals surface area contributed by atoms with E-state index < -0.39 is 5.41 Å². The van der Waals surface area contributed by atoms with Crippen LogP contribution < -0.4 is 9.64 Å². The lowest BCUT2D eigenvalue weighted by atomic mass is 9.73. The fourth-order valence-electron chi connectivity index (χ4n) is 4.38. The van der Waals surface area contributed by atoms with Gasteiger partial charge in [0.2, 0.25) is 5.91 Å². The molecule has 2 aromatic rings. The van der Waals surface area contributed by atoms with Crippen LogP contribution in [0, 0.1) is 0 Å². The van der Waals surface area contributed by atoms with E-state index in [0.717, 1.165) is 61.0 Å². The second-order valence-electron chi connectivity index (χ2n) is 7.68. The molecule has 2 heterocycles. The summed E-state index contributed by atoms with van der Waals surface area (Å²) < 4.78 is 10.9. The van der Waals surface area contributed by atoms with E-state index in [0.29, 0.717) is 13.2 Å². The van der Waals surface area contributed by atoms with Crippen molar-refractivity contribution in [3.8, 4) is 5.75 Å². The molecule has 0 radical (unpaired) electrons. The molecule has 0 unspecified atom stereocenters. The number of carbonyl (C=O) groups excluding carboxylic acids is 1. The van der Waals surface area contributed by atoms with Crippen LogP contribution in [0.5, 0.6) is 5.75 Å². The number of halogens is 1. The Bertz CT molecular complexity index is 824. The average molecular weight is 415 g/mol. The number of carbonyl (C=O) groups is 1. The van der Waals surface area contributed by atoms with Gasteiger partial charge in [0.1, 0.15) is 5.75 Å². The molecule has 2 aliphatic rings. The van der Waals surface area contributed by atoms with Crippen molar-refractivity contribution in [1.82, 2.24) is 4.90 Å². The van der Waals surface area contributed by atoms with Crippen molar-refractivity contribution in [3.05, 3.63) is 59.1 Å². The van der Waals surface area contributed by atoms with Gasteiger partial charge in [0, 0.05) is 50.1 Å². The molecule has 6 heteroatoms. The normalized spacial score (nSPS) is 19.1. The summed E-state index contributed by atoms with van der Waals surface area (Å²) in [7, 11) is 1.66. The first-order valence-corrected chi connectivity index (χ1v) is 10.5. The van der Waals surface area contributed by atoms with Crippen LogP contribution in [0.3, 0.4) is 0 Å². The Morgan fingerprint density at radius 1 is 0.966 bits per heavy atom.